The molecule has 2 unspecified atom stereocenters. The van der Waals surface area contributed by atoms with Crippen molar-refractivity contribution in [1.82, 2.24) is 10.2 Å². The normalized spacial score (nSPS) is 14.4. The van der Waals surface area contributed by atoms with Crippen molar-refractivity contribution in [3.05, 3.63) is 34.9 Å². The van der Waals surface area contributed by atoms with Gasteiger partial charge < -0.3 is 10.2 Å². The molecule has 2 heteroatoms. The fourth-order valence-electron chi connectivity index (χ4n) is 2.95. The van der Waals surface area contributed by atoms with E-state index in [1.54, 1.807) is 0 Å². The summed E-state index contributed by atoms with van der Waals surface area (Å²) < 4.78 is 0. The molecule has 0 bridgehead atoms. The van der Waals surface area contributed by atoms with Gasteiger partial charge in [0.15, 0.2) is 0 Å². The van der Waals surface area contributed by atoms with Crippen LogP contribution in [-0.2, 0) is 0 Å². The molecule has 0 saturated carbocycles. The van der Waals surface area contributed by atoms with Crippen LogP contribution in [0.2, 0.25) is 0 Å². The maximum atomic E-state index is 3.65. The largest absolute Gasteiger partial charge is 0.310 e. The van der Waals surface area contributed by atoms with E-state index in [4.69, 9.17) is 0 Å². The highest BCUT2D eigenvalue weighted by Gasteiger charge is 2.13. The third kappa shape index (κ3) is 6.62. The molecule has 0 radical (unpaired) electrons. The molecule has 2 atom stereocenters. The molecular formula is C19H34N2. The number of hydrogen-bond donors (Lipinski definition) is 1. The van der Waals surface area contributed by atoms with E-state index in [1.165, 1.54) is 36.1 Å². The van der Waals surface area contributed by atoms with Gasteiger partial charge in [0.2, 0.25) is 0 Å². The predicted octanol–water partition coefficient (Wildman–Crippen LogP) is 4.32. The summed E-state index contributed by atoms with van der Waals surface area (Å²) in [6.07, 6.45) is 2.43. The van der Waals surface area contributed by atoms with Crippen LogP contribution in [0.3, 0.4) is 0 Å². The van der Waals surface area contributed by atoms with Gasteiger partial charge in [-0.3, -0.25) is 0 Å². The zero-order valence-corrected chi connectivity index (χ0v) is 14.9. The van der Waals surface area contributed by atoms with Gasteiger partial charge in [-0.05, 0) is 51.9 Å². The molecule has 1 rings (SSSR count). The van der Waals surface area contributed by atoms with Gasteiger partial charge >= 0.3 is 0 Å². The summed E-state index contributed by atoms with van der Waals surface area (Å²) in [7, 11) is 2.25. The fourth-order valence-corrected chi connectivity index (χ4v) is 2.95. The van der Waals surface area contributed by atoms with Crippen molar-refractivity contribution in [2.75, 3.05) is 26.7 Å². The summed E-state index contributed by atoms with van der Waals surface area (Å²) in [5.74, 6) is 0.786. The Morgan fingerprint density at radius 3 is 2.24 bits per heavy atom. The lowest BCUT2D eigenvalue weighted by molar-refractivity contribution is 0.266. The molecule has 0 amide bonds. The van der Waals surface area contributed by atoms with Crippen molar-refractivity contribution in [3.8, 4) is 0 Å². The van der Waals surface area contributed by atoms with Gasteiger partial charge in [-0.1, -0.05) is 56.5 Å². The Bertz CT molecular complexity index is 394. The van der Waals surface area contributed by atoms with Crippen molar-refractivity contribution in [2.24, 2.45) is 5.92 Å². The quantitative estimate of drug-likeness (QED) is 0.728. The molecule has 1 aromatic carbocycles. The molecule has 120 valence electrons. The van der Waals surface area contributed by atoms with Crippen LogP contribution >= 0.6 is 0 Å². The molecular weight excluding hydrogens is 256 g/mol. The summed E-state index contributed by atoms with van der Waals surface area (Å²) >= 11 is 0. The first-order valence-corrected chi connectivity index (χ1v) is 8.46. The zero-order valence-electron chi connectivity index (χ0n) is 14.9. The smallest absolute Gasteiger partial charge is 0.0332 e. The van der Waals surface area contributed by atoms with E-state index < -0.39 is 0 Å². The van der Waals surface area contributed by atoms with Crippen LogP contribution in [0.25, 0.3) is 0 Å². The van der Waals surface area contributed by atoms with Crippen molar-refractivity contribution >= 4 is 0 Å². The van der Waals surface area contributed by atoms with Crippen molar-refractivity contribution in [1.29, 1.82) is 0 Å². The third-order valence-corrected chi connectivity index (χ3v) is 4.22. The Morgan fingerprint density at radius 2 is 1.71 bits per heavy atom. The first-order chi connectivity index (χ1) is 9.96. The van der Waals surface area contributed by atoms with E-state index in [0.29, 0.717) is 6.04 Å². The van der Waals surface area contributed by atoms with Crippen LogP contribution in [0.4, 0.5) is 0 Å². The number of rotatable bonds is 9. The van der Waals surface area contributed by atoms with Crippen molar-refractivity contribution in [3.63, 3.8) is 0 Å². The molecule has 0 fully saturated rings. The monoisotopic (exact) mass is 290 g/mol. The van der Waals surface area contributed by atoms with Gasteiger partial charge in [0.1, 0.15) is 0 Å². The second kappa shape index (κ2) is 9.22. The highest BCUT2D eigenvalue weighted by atomic mass is 15.1. The minimum Gasteiger partial charge on any atom is -0.310 e. The molecule has 2 nitrogen and oxygen atoms in total. The maximum absolute atomic E-state index is 3.65. The summed E-state index contributed by atoms with van der Waals surface area (Å²) in [6.45, 7) is 14.5. The Labute approximate surface area is 131 Å². The molecule has 0 aromatic heterocycles. The second-order valence-corrected chi connectivity index (χ2v) is 6.60. The van der Waals surface area contributed by atoms with Crippen LogP contribution < -0.4 is 5.32 Å². The summed E-state index contributed by atoms with van der Waals surface area (Å²) in [5.41, 5.74) is 4.16. The molecule has 1 aromatic rings. The van der Waals surface area contributed by atoms with E-state index in [0.717, 1.165) is 19.0 Å². The molecule has 0 heterocycles. The topological polar surface area (TPSA) is 15.3 Å². The molecule has 0 saturated heterocycles. The first kappa shape index (κ1) is 18.2. The van der Waals surface area contributed by atoms with Crippen LogP contribution in [0, 0.1) is 19.8 Å². The molecule has 0 aliphatic heterocycles. The Hall–Kier alpha value is -0.860. The lowest BCUT2D eigenvalue weighted by atomic mass is 9.98. The SMILES string of the molecule is CCNC(CCN(C)CC(C)CC)c1cc(C)cc(C)c1. The standard InChI is InChI=1S/C19H34N2/c1-7-15(3)14-21(6)10-9-19(20-8-2)18-12-16(4)11-17(5)13-18/h11-13,15,19-20H,7-10,14H2,1-6H3. The van der Waals surface area contributed by atoms with Crippen molar-refractivity contribution < 1.29 is 0 Å². The lowest BCUT2D eigenvalue weighted by Gasteiger charge is -2.25. The van der Waals surface area contributed by atoms with Gasteiger partial charge in [0.05, 0.1) is 0 Å². The van der Waals surface area contributed by atoms with Gasteiger partial charge in [0, 0.05) is 12.6 Å². The van der Waals surface area contributed by atoms with Gasteiger partial charge in [-0.2, -0.15) is 0 Å². The highest BCUT2D eigenvalue weighted by molar-refractivity contribution is 5.30. The molecule has 0 aliphatic rings. The minimum atomic E-state index is 0.466. The molecule has 0 aliphatic carbocycles. The van der Waals surface area contributed by atoms with E-state index in [2.05, 4.69) is 70.1 Å². The van der Waals surface area contributed by atoms with E-state index >= 15 is 0 Å². The van der Waals surface area contributed by atoms with E-state index in [-0.39, 0.29) is 0 Å². The average molecular weight is 290 g/mol. The van der Waals surface area contributed by atoms with Crippen LogP contribution in [-0.4, -0.2) is 31.6 Å². The Kier molecular flexibility index (Phi) is 7.98. The van der Waals surface area contributed by atoms with Crippen LogP contribution in [0.1, 0.15) is 56.3 Å². The third-order valence-electron chi connectivity index (χ3n) is 4.22. The lowest BCUT2D eigenvalue weighted by Crippen LogP contribution is -2.30. The van der Waals surface area contributed by atoms with Gasteiger partial charge in [0.25, 0.3) is 0 Å². The van der Waals surface area contributed by atoms with Crippen LogP contribution in [0.15, 0.2) is 18.2 Å². The zero-order chi connectivity index (χ0) is 15.8. The summed E-state index contributed by atoms with van der Waals surface area (Å²) in [6, 6.07) is 7.37. The molecule has 0 spiro atoms. The number of nitrogens with zero attached hydrogens (tertiary/aromatic N) is 1. The fraction of sp³-hybridized carbons (Fsp3) is 0.684. The van der Waals surface area contributed by atoms with E-state index in [9.17, 15) is 0 Å². The van der Waals surface area contributed by atoms with E-state index in [1.807, 2.05) is 0 Å². The van der Waals surface area contributed by atoms with Gasteiger partial charge in [-0.15, -0.1) is 0 Å². The average Bonchev–Trinajstić information content (AvgIpc) is 2.42. The molecule has 1 N–H and O–H groups in total. The number of nitrogens with one attached hydrogen (secondary N) is 1. The highest BCUT2D eigenvalue weighted by Crippen LogP contribution is 2.20. The first-order valence-electron chi connectivity index (χ1n) is 8.46. The maximum Gasteiger partial charge on any atom is 0.0332 e. The van der Waals surface area contributed by atoms with Crippen LogP contribution in [0.5, 0.6) is 0 Å². The number of aryl methyl sites for hydroxylation is 2. The Morgan fingerprint density at radius 1 is 1.10 bits per heavy atom. The van der Waals surface area contributed by atoms with Gasteiger partial charge in [-0.25, -0.2) is 0 Å². The summed E-state index contributed by atoms with van der Waals surface area (Å²) in [5, 5.41) is 3.65. The summed E-state index contributed by atoms with van der Waals surface area (Å²) in [4.78, 5) is 2.47. The number of benzene rings is 1. The molecule has 21 heavy (non-hydrogen) atoms. The number of hydrogen-bond acceptors (Lipinski definition) is 2. The second-order valence-electron chi connectivity index (χ2n) is 6.60. The minimum absolute atomic E-state index is 0.466. The Balaban J connectivity index is 2.65. The predicted molar refractivity (Wildman–Crippen MR) is 93.9 cm³/mol. The van der Waals surface area contributed by atoms with Crippen molar-refractivity contribution in [2.45, 2.75) is 53.5 Å².